The molecule has 0 aromatic rings. The van der Waals surface area contributed by atoms with Crippen LogP contribution in [0.5, 0.6) is 0 Å². The maximum Gasteiger partial charge on any atom is 0.308 e. The van der Waals surface area contributed by atoms with Gasteiger partial charge >= 0.3 is 5.97 Å². The second kappa shape index (κ2) is 13.8. The van der Waals surface area contributed by atoms with Crippen LogP contribution in [0.2, 0.25) is 0 Å². The first kappa shape index (κ1) is 29.1. The van der Waals surface area contributed by atoms with E-state index < -0.39 is 24.3 Å². The molecule has 7 heteroatoms. The number of nitrogens with zero attached hydrogens (tertiary/aromatic N) is 1. The van der Waals surface area contributed by atoms with Gasteiger partial charge in [0.2, 0.25) is 5.91 Å². The summed E-state index contributed by atoms with van der Waals surface area (Å²) in [6, 6.07) is 2.12. The summed E-state index contributed by atoms with van der Waals surface area (Å²) >= 11 is 0. The SMILES string of the molecule is CC1CC(C)CC(C)C(O)C(C#N)=CC=CCC(C2CCCC2C(N)=O)OC(=O)CC(O)C(C)C1. The largest absolute Gasteiger partial charge is 0.462 e. The molecule has 0 saturated heterocycles. The highest BCUT2D eigenvalue weighted by Gasteiger charge is 2.38. The second-order valence-corrected chi connectivity index (χ2v) is 11.1. The maximum atomic E-state index is 12.8. The molecule has 0 aromatic carbocycles. The van der Waals surface area contributed by atoms with Gasteiger partial charge in [0.15, 0.2) is 0 Å². The lowest BCUT2D eigenvalue weighted by atomic mass is 9.82. The van der Waals surface area contributed by atoms with Crippen LogP contribution in [0.25, 0.3) is 0 Å². The molecule has 1 fully saturated rings. The van der Waals surface area contributed by atoms with Gasteiger partial charge in [-0.05, 0) is 61.9 Å². The van der Waals surface area contributed by atoms with Crippen LogP contribution in [0.1, 0.15) is 79.1 Å². The lowest BCUT2D eigenvalue weighted by Gasteiger charge is -2.28. The summed E-state index contributed by atoms with van der Waals surface area (Å²) in [4.78, 5) is 24.8. The van der Waals surface area contributed by atoms with Crippen molar-refractivity contribution < 1.29 is 24.5 Å². The van der Waals surface area contributed by atoms with Gasteiger partial charge in [-0.25, -0.2) is 0 Å². The summed E-state index contributed by atoms with van der Waals surface area (Å²) < 4.78 is 5.82. The van der Waals surface area contributed by atoms with Crippen LogP contribution in [-0.2, 0) is 14.3 Å². The number of hydrogen-bond donors (Lipinski definition) is 3. The Morgan fingerprint density at radius 2 is 1.74 bits per heavy atom. The van der Waals surface area contributed by atoms with Crippen LogP contribution < -0.4 is 5.73 Å². The zero-order valence-corrected chi connectivity index (χ0v) is 21.7. The molecule has 2 rings (SSSR count). The standard InChI is InChI=1S/C28H44N2O5/c1-17-12-18(2)14-20(4)27(33)21(16-29)8-5-6-11-25(22-9-7-10-23(22)28(30)34)35-26(32)15-24(31)19(3)13-17/h5-6,8,17-20,22-25,27,31,33H,7,9-15H2,1-4H3,(H2,30,34). The molecular formula is C28H44N2O5. The van der Waals surface area contributed by atoms with E-state index in [0.717, 1.165) is 32.1 Å². The van der Waals surface area contributed by atoms with E-state index in [1.54, 1.807) is 18.2 Å². The molecule has 1 heterocycles. The number of allylic oxidation sites excluding steroid dienone is 2. The Morgan fingerprint density at radius 1 is 1.09 bits per heavy atom. The highest BCUT2D eigenvalue weighted by atomic mass is 16.5. The van der Waals surface area contributed by atoms with E-state index in [2.05, 4.69) is 19.9 Å². The van der Waals surface area contributed by atoms with Gasteiger partial charge in [-0.1, -0.05) is 46.3 Å². The smallest absolute Gasteiger partial charge is 0.308 e. The van der Waals surface area contributed by atoms with Crippen molar-refractivity contribution in [2.75, 3.05) is 0 Å². The fourth-order valence-electron chi connectivity index (χ4n) is 6.01. The van der Waals surface area contributed by atoms with E-state index in [9.17, 15) is 25.1 Å². The minimum absolute atomic E-state index is 0.0667. The Balaban J connectivity index is 2.30. The van der Waals surface area contributed by atoms with E-state index in [1.807, 2.05) is 13.8 Å². The zero-order valence-electron chi connectivity index (χ0n) is 21.7. The molecule has 1 aliphatic carbocycles. The number of primary amides is 1. The number of amides is 1. The predicted molar refractivity (Wildman–Crippen MR) is 134 cm³/mol. The third-order valence-electron chi connectivity index (χ3n) is 7.85. The molecule has 35 heavy (non-hydrogen) atoms. The van der Waals surface area contributed by atoms with Crippen LogP contribution in [-0.4, -0.2) is 40.4 Å². The Hall–Kier alpha value is -2.17. The van der Waals surface area contributed by atoms with Crippen LogP contribution in [0.15, 0.2) is 23.8 Å². The zero-order chi connectivity index (χ0) is 26.1. The quantitative estimate of drug-likeness (QED) is 0.502. The Labute approximate surface area is 210 Å². The van der Waals surface area contributed by atoms with Crippen molar-refractivity contribution in [3.8, 4) is 6.07 Å². The van der Waals surface area contributed by atoms with Crippen LogP contribution in [0.3, 0.4) is 0 Å². The molecule has 9 unspecified atom stereocenters. The molecule has 1 amide bonds. The Kier molecular flexibility index (Phi) is 11.5. The van der Waals surface area contributed by atoms with E-state index in [-0.39, 0.29) is 36.0 Å². The molecule has 0 aromatic heterocycles. The summed E-state index contributed by atoms with van der Waals surface area (Å²) in [7, 11) is 0. The molecule has 1 aliphatic heterocycles. The van der Waals surface area contributed by atoms with E-state index in [1.165, 1.54) is 0 Å². The van der Waals surface area contributed by atoms with Gasteiger partial charge in [0, 0.05) is 18.3 Å². The van der Waals surface area contributed by atoms with Crippen LogP contribution in [0.4, 0.5) is 0 Å². The minimum Gasteiger partial charge on any atom is -0.462 e. The molecule has 4 N–H and O–H groups in total. The van der Waals surface area contributed by atoms with Gasteiger partial charge in [-0.3, -0.25) is 9.59 Å². The lowest BCUT2D eigenvalue weighted by Crippen LogP contribution is -2.36. The first-order chi connectivity index (χ1) is 16.5. The van der Waals surface area contributed by atoms with Crippen molar-refractivity contribution in [2.24, 2.45) is 41.2 Å². The molecule has 0 spiro atoms. The van der Waals surface area contributed by atoms with E-state index >= 15 is 0 Å². The first-order valence-electron chi connectivity index (χ1n) is 13.1. The molecule has 196 valence electrons. The lowest BCUT2D eigenvalue weighted by molar-refractivity contribution is -0.156. The fraction of sp³-hybridized carbons (Fsp3) is 0.750. The fourth-order valence-corrected chi connectivity index (χ4v) is 6.01. The van der Waals surface area contributed by atoms with Crippen LogP contribution >= 0.6 is 0 Å². The first-order valence-corrected chi connectivity index (χ1v) is 13.1. The molecule has 9 atom stereocenters. The number of cyclic esters (lactones) is 1. The van der Waals surface area contributed by atoms with Gasteiger partial charge in [0.05, 0.1) is 30.3 Å². The number of nitriles is 1. The van der Waals surface area contributed by atoms with Crippen LogP contribution in [0, 0.1) is 46.8 Å². The van der Waals surface area contributed by atoms with Crippen molar-refractivity contribution in [3.63, 3.8) is 0 Å². The third kappa shape index (κ3) is 8.77. The number of ether oxygens (including phenoxy) is 1. The van der Waals surface area contributed by atoms with Gasteiger partial charge < -0.3 is 20.7 Å². The number of carbonyl (C=O) groups excluding carboxylic acids is 2. The maximum absolute atomic E-state index is 12.8. The van der Waals surface area contributed by atoms with Gasteiger partial charge in [-0.15, -0.1) is 0 Å². The summed E-state index contributed by atoms with van der Waals surface area (Å²) in [5.41, 5.74) is 5.92. The molecule has 7 nitrogen and oxygen atoms in total. The average molecular weight is 489 g/mol. The van der Waals surface area contributed by atoms with Gasteiger partial charge in [-0.2, -0.15) is 5.26 Å². The van der Waals surface area contributed by atoms with E-state index in [4.69, 9.17) is 10.5 Å². The highest BCUT2D eigenvalue weighted by molar-refractivity contribution is 5.77. The normalized spacial score (nSPS) is 38.5. The molecule has 2 aliphatic rings. The van der Waals surface area contributed by atoms with Crippen molar-refractivity contribution in [1.82, 2.24) is 0 Å². The monoisotopic (exact) mass is 488 g/mol. The third-order valence-corrected chi connectivity index (χ3v) is 7.85. The van der Waals surface area contributed by atoms with Gasteiger partial charge in [0.1, 0.15) is 6.10 Å². The molecule has 1 saturated carbocycles. The number of esters is 1. The topological polar surface area (TPSA) is 134 Å². The van der Waals surface area contributed by atoms with Gasteiger partial charge in [0.25, 0.3) is 0 Å². The van der Waals surface area contributed by atoms with Crippen molar-refractivity contribution in [2.45, 2.75) is 97.4 Å². The van der Waals surface area contributed by atoms with Crippen molar-refractivity contribution in [1.29, 1.82) is 5.26 Å². The summed E-state index contributed by atoms with van der Waals surface area (Å²) in [6.45, 7) is 8.21. The van der Waals surface area contributed by atoms with Crippen molar-refractivity contribution in [3.05, 3.63) is 23.8 Å². The second-order valence-electron chi connectivity index (χ2n) is 11.1. The number of aliphatic hydroxyl groups excluding tert-OH is 2. The Bertz CT molecular complexity index is 817. The number of hydrogen-bond acceptors (Lipinski definition) is 6. The van der Waals surface area contributed by atoms with Crippen molar-refractivity contribution >= 4 is 11.9 Å². The molecule has 0 bridgehead atoms. The number of carbonyl (C=O) groups is 2. The number of rotatable bonds is 2. The summed E-state index contributed by atoms with van der Waals surface area (Å²) in [5.74, 6) is -0.824. The highest BCUT2D eigenvalue weighted by Crippen LogP contribution is 2.37. The number of aliphatic hydroxyl groups is 2. The van der Waals surface area contributed by atoms with E-state index in [0.29, 0.717) is 30.3 Å². The average Bonchev–Trinajstić information content (AvgIpc) is 3.27. The minimum atomic E-state index is -0.857. The Morgan fingerprint density at radius 3 is 2.37 bits per heavy atom. The summed E-state index contributed by atoms with van der Waals surface area (Å²) in [6.07, 6.45) is 7.96. The number of nitrogens with two attached hydrogens (primary N) is 1. The predicted octanol–water partition coefficient (Wildman–Crippen LogP) is 4.04. The summed E-state index contributed by atoms with van der Waals surface area (Å²) in [5, 5.41) is 31.1. The molecule has 0 radical (unpaired) electrons. The molecular weight excluding hydrogens is 444 g/mol.